The fraction of sp³-hybridized carbons (Fsp3) is 0.261. The molecular weight excluding hydrogens is 368 g/mol. The molecule has 0 bridgehead atoms. The minimum atomic E-state index is 0.240. The highest BCUT2D eigenvalue weighted by molar-refractivity contribution is 7.67. The number of rotatable bonds is 0. The second kappa shape index (κ2) is 8.07. The third kappa shape index (κ3) is 3.50. The Morgan fingerprint density at radius 2 is 2.04 bits per heavy atom. The number of nitrogens with zero attached hydrogens (tertiary/aromatic N) is 1. The average molecular weight is 391 g/mol. The summed E-state index contributed by atoms with van der Waals surface area (Å²) in [5.74, 6) is 0.240. The maximum absolute atomic E-state index is 12.4. The van der Waals surface area contributed by atoms with Gasteiger partial charge in [-0.25, -0.2) is 4.21 Å². The number of hydrogen-bond donors (Lipinski definition) is 1. The van der Waals surface area contributed by atoms with Crippen molar-refractivity contribution in [3.05, 3.63) is 65.0 Å². The summed E-state index contributed by atoms with van der Waals surface area (Å²) in [5.41, 5.74) is 5.22. The lowest BCUT2D eigenvalue weighted by molar-refractivity contribution is -0.114. The number of nitrogens with one attached hydrogen (secondary N) is 1. The van der Waals surface area contributed by atoms with Crippen LogP contribution in [0.3, 0.4) is 0 Å². The van der Waals surface area contributed by atoms with Crippen LogP contribution in [0.1, 0.15) is 42.4 Å². The van der Waals surface area contributed by atoms with Crippen molar-refractivity contribution in [2.75, 3.05) is 6.54 Å². The number of benzene rings is 2. The van der Waals surface area contributed by atoms with Crippen LogP contribution in [-0.2, 0) is 16.1 Å². The van der Waals surface area contributed by atoms with Gasteiger partial charge in [-0.1, -0.05) is 41.5 Å². The van der Waals surface area contributed by atoms with Crippen molar-refractivity contribution in [2.45, 2.75) is 32.6 Å². The van der Waals surface area contributed by atoms with E-state index in [2.05, 4.69) is 41.5 Å². The lowest BCUT2D eigenvalue weighted by atomic mass is 9.76. The molecule has 2 aromatic carbocycles. The van der Waals surface area contributed by atoms with Gasteiger partial charge in [0.05, 0.1) is 16.1 Å². The molecule has 0 amide bonds. The molecule has 0 unspecified atom stereocenters. The first-order valence-corrected chi connectivity index (χ1v) is 10.3. The number of fused-ring (bicyclic) bond motifs is 4. The van der Waals surface area contributed by atoms with Gasteiger partial charge in [0.2, 0.25) is 0 Å². The van der Waals surface area contributed by atoms with Crippen LogP contribution in [-0.4, -0.2) is 27.6 Å². The van der Waals surface area contributed by atoms with E-state index in [-0.39, 0.29) is 5.78 Å². The molecule has 0 saturated carbocycles. The highest BCUT2D eigenvalue weighted by Gasteiger charge is 2.30. The number of ketones is 1. The molecule has 5 heteroatoms. The van der Waals surface area contributed by atoms with Crippen molar-refractivity contribution in [3.8, 4) is 0 Å². The van der Waals surface area contributed by atoms with Gasteiger partial charge in [0, 0.05) is 49.1 Å². The van der Waals surface area contributed by atoms with Crippen LogP contribution in [0.15, 0.2) is 53.3 Å². The van der Waals surface area contributed by atoms with Crippen LogP contribution in [0.4, 0.5) is 0 Å². The SMILES string of the molecule is C1=CNCC=N1.Cc1ccc2c3c(ccc2c1)C1=C(CCCC1=O)CC3=S=O. The van der Waals surface area contributed by atoms with Crippen LogP contribution < -0.4 is 5.32 Å². The molecule has 4 nitrogen and oxygen atoms in total. The lowest BCUT2D eigenvalue weighted by Crippen LogP contribution is -2.21. The molecule has 1 N–H and O–H groups in total. The standard InChI is InChI=1S/C19H16O2S.C4H6N2/c1-11-5-7-14-12(9-11)6-8-15-18-13(3-2-4-16(18)20)10-17(22-21)19(14)15;1-2-6-4-3-5-1/h5-9H,2-4,10H2,1H3;1-3,6H,4H2. The molecule has 0 fully saturated rings. The van der Waals surface area contributed by atoms with Crippen LogP contribution in [0.25, 0.3) is 16.3 Å². The zero-order chi connectivity index (χ0) is 19.5. The summed E-state index contributed by atoms with van der Waals surface area (Å²) in [6.45, 7) is 2.94. The Hall–Kier alpha value is -2.79. The first-order chi connectivity index (χ1) is 13.7. The molecule has 1 heterocycles. The topological polar surface area (TPSA) is 58.5 Å². The summed E-state index contributed by atoms with van der Waals surface area (Å²) < 4.78 is 11.7. The first kappa shape index (κ1) is 18.6. The van der Waals surface area contributed by atoms with E-state index < -0.39 is 0 Å². The van der Waals surface area contributed by atoms with E-state index in [9.17, 15) is 9.00 Å². The minimum absolute atomic E-state index is 0.240. The van der Waals surface area contributed by atoms with Crippen LogP contribution >= 0.6 is 0 Å². The van der Waals surface area contributed by atoms with Gasteiger partial charge in [-0.05, 0) is 36.1 Å². The van der Waals surface area contributed by atoms with E-state index in [4.69, 9.17) is 0 Å². The Morgan fingerprint density at radius 3 is 2.71 bits per heavy atom. The molecule has 3 aliphatic rings. The van der Waals surface area contributed by atoms with Gasteiger partial charge in [-0.3, -0.25) is 9.79 Å². The molecule has 0 saturated heterocycles. The van der Waals surface area contributed by atoms with E-state index >= 15 is 0 Å². The van der Waals surface area contributed by atoms with Crippen molar-refractivity contribution in [3.63, 3.8) is 0 Å². The maximum atomic E-state index is 12.4. The number of allylic oxidation sites excluding steroid dienone is 2. The van der Waals surface area contributed by atoms with Gasteiger partial charge < -0.3 is 5.32 Å². The number of carbonyl (C=O) groups excluding carboxylic acids is 1. The Morgan fingerprint density at radius 1 is 1.14 bits per heavy atom. The van der Waals surface area contributed by atoms with Crippen LogP contribution in [0, 0.1) is 6.92 Å². The second-order valence-corrected chi connectivity index (χ2v) is 7.87. The summed E-state index contributed by atoms with van der Waals surface area (Å²) in [6, 6.07) is 10.4. The summed E-state index contributed by atoms with van der Waals surface area (Å²) >= 11 is 0.586. The molecule has 28 heavy (non-hydrogen) atoms. The Balaban J connectivity index is 0.000000275. The molecule has 2 aliphatic carbocycles. The summed E-state index contributed by atoms with van der Waals surface area (Å²) in [6.07, 6.45) is 8.50. The number of carbonyl (C=O) groups is 1. The first-order valence-electron chi connectivity index (χ1n) is 9.54. The fourth-order valence-corrected chi connectivity index (χ4v) is 4.60. The third-order valence-electron chi connectivity index (χ3n) is 5.31. The Labute approximate surface area is 168 Å². The van der Waals surface area contributed by atoms with Gasteiger partial charge >= 0.3 is 0 Å². The highest BCUT2D eigenvalue weighted by atomic mass is 32.1. The summed E-state index contributed by atoms with van der Waals surface area (Å²) in [4.78, 5) is 17.1. The normalized spacial score (nSPS) is 17.5. The van der Waals surface area contributed by atoms with E-state index in [0.717, 1.165) is 57.3 Å². The van der Waals surface area contributed by atoms with Crippen molar-refractivity contribution < 1.29 is 9.00 Å². The molecule has 2 aromatic rings. The number of Topliss-reactive ketones (excluding diaryl/α,β-unsaturated/α-hetero) is 1. The van der Waals surface area contributed by atoms with Gasteiger partial charge in [0.25, 0.3) is 0 Å². The zero-order valence-corrected chi connectivity index (χ0v) is 16.6. The smallest absolute Gasteiger partial charge is 0.163 e. The molecule has 0 atom stereocenters. The van der Waals surface area contributed by atoms with Crippen LogP contribution in [0.2, 0.25) is 0 Å². The zero-order valence-electron chi connectivity index (χ0n) is 15.8. The van der Waals surface area contributed by atoms with Crippen molar-refractivity contribution >= 4 is 44.5 Å². The third-order valence-corrected chi connectivity index (χ3v) is 5.86. The average Bonchev–Trinajstić information content (AvgIpc) is 2.74. The van der Waals surface area contributed by atoms with E-state index in [1.54, 1.807) is 6.20 Å². The second-order valence-electron chi connectivity index (χ2n) is 7.21. The Kier molecular flexibility index (Phi) is 5.35. The van der Waals surface area contributed by atoms with Crippen LogP contribution in [0.5, 0.6) is 0 Å². The highest BCUT2D eigenvalue weighted by Crippen LogP contribution is 2.40. The molecule has 0 aromatic heterocycles. The van der Waals surface area contributed by atoms with Crippen molar-refractivity contribution in [2.24, 2.45) is 4.99 Å². The molecule has 5 rings (SSSR count). The summed E-state index contributed by atoms with van der Waals surface area (Å²) in [5, 5.41) is 5.18. The van der Waals surface area contributed by atoms with Gasteiger partial charge in [0.15, 0.2) is 5.78 Å². The largest absolute Gasteiger partial charge is 0.385 e. The van der Waals surface area contributed by atoms with Crippen molar-refractivity contribution in [1.29, 1.82) is 0 Å². The van der Waals surface area contributed by atoms with E-state index in [0.29, 0.717) is 24.1 Å². The molecule has 142 valence electrons. The minimum Gasteiger partial charge on any atom is -0.385 e. The Bertz CT molecular complexity index is 1090. The molecule has 1 aliphatic heterocycles. The number of hydrogen-bond acceptors (Lipinski definition) is 4. The monoisotopic (exact) mass is 390 g/mol. The van der Waals surface area contributed by atoms with E-state index in [1.165, 1.54) is 5.56 Å². The lowest BCUT2D eigenvalue weighted by Gasteiger charge is -2.27. The van der Waals surface area contributed by atoms with E-state index in [1.807, 2.05) is 18.5 Å². The van der Waals surface area contributed by atoms with Gasteiger partial charge in [0.1, 0.15) is 0 Å². The quantitative estimate of drug-likeness (QED) is 0.694. The predicted octanol–water partition coefficient (Wildman–Crippen LogP) is 3.92. The van der Waals surface area contributed by atoms with Gasteiger partial charge in [-0.2, -0.15) is 0 Å². The summed E-state index contributed by atoms with van der Waals surface area (Å²) in [7, 11) is 0. The fourth-order valence-electron chi connectivity index (χ4n) is 4.07. The molecule has 0 radical (unpaired) electrons. The molecular formula is C23H22N2O2S. The predicted molar refractivity (Wildman–Crippen MR) is 117 cm³/mol. The molecule has 0 spiro atoms. The van der Waals surface area contributed by atoms with Gasteiger partial charge in [-0.15, -0.1) is 0 Å². The number of aryl methyl sites for hydroxylation is 1. The number of aliphatic imine (C=N–C) groups is 1. The maximum Gasteiger partial charge on any atom is 0.163 e. The van der Waals surface area contributed by atoms with Crippen molar-refractivity contribution in [1.82, 2.24) is 5.32 Å².